The van der Waals surface area contributed by atoms with Gasteiger partial charge in [-0.3, -0.25) is 4.79 Å². The third kappa shape index (κ3) is 4.62. The van der Waals surface area contributed by atoms with Crippen LogP contribution in [-0.4, -0.2) is 20.5 Å². The summed E-state index contributed by atoms with van der Waals surface area (Å²) in [6.07, 6.45) is 3.36. The topological polar surface area (TPSA) is 47.8 Å². The van der Waals surface area contributed by atoms with E-state index in [2.05, 4.69) is 6.07 Å². The summed E-state index contributed by atoms with van der Waals surface area (Å²) in [7, 11) is 0. The van der Waals surface area contributed by atoms with Crippen molar-refractivity contribution >= 4 is 34.8 Å². The molecule has 166 valence electrons. The van der Waals surface area contributed by atoms with Gasteiger partial charge < -0.3 is 0 Å². The summed E-state index contributed by atoms with van der Waals surface area (Å²) in [4.78, 5) is 18.3. The smallest absolute Gasteiger partial charge is 0.211 e. The largest absolute Gasteiger partial charge is 0.288 e. The second kappa shape index (κ2) is 9.59. The number of carbonyl (C=O) groups is 1. The number of allylic oxidation sites excluding steroid dienone is 1. The van der Waals surface area contributed by atoms with E-state index in [1.54, 1.807) is 24.3 Å². The number of rotatable bonds is 6. The second-order valence-corrected chi connectivity index (χ2v) is 9.13. The molecule has 4 nitrogen and oxygen atoms in total. The maximum absolute atomic E-state index is 13.0. The van der Waals surface area contributed by atoms with E-state index in [4.69, 9.17) is 21.7 Å². The molecule has 0 bridgehead atoms. The molecule has 0 amide bonds. The van der Waals surface area contributed by atoms with Crippen molar-refractivity contribution in [1.82, 2.24) is 14.8 Å². The van der Waals surface area contributed by atoms with Crippen molar-refractivity contribution in [1.29, 1.82) is 0 Å². The van der Waals surface area contributed by atoms with Crippen LogP contribution in [0, 0.1) is 6.92 Å². The maximum atomic E-state index is 13.0. The summed E-state index contributed by atoms with van der Waals surface area (Å²) in [5.41, 5.74) is 5.41. The molecule has 5 aromatic rings. The van der Waals surface area contributed by atoms with Crippen molar-refractivity contribution in [2.24, 2.45) is 0 Å². The highest BCUT2D eigenvalue weighted by Gasteiger charge is 2.19. The Morgan fingerprint density at radius 1 is 0.912 bits per heavy atom. The number of aryl methyl sites for hydroxylation is 1. The first-order valence-electron chi connectivity index (χ1n) is 10.8. The Morgan fingerprint density at radius 3 is 2.24 bits per heavy atom. The van der Waals surface area contributed by atoms with Crippen LogP contribution in [-0.2, 0) is 0 Å². The average molecular weight is 482 g/mol. The lowest BCUT2D eigenvalue weighted by Crippen LogP contribution is -1.98. The Kier molecular flexibility index (Phi) is 6.21. The van der Waals surface area contributed by atoms with Gasteiger partial charge >= 0.3 is 0 Å². The van der Waals surface area contributed by atoms with E-state index in [-0.39, 0.29) is 5.78 Å². The first-order valence-corrected chi connectivity index (χ1v) is 11.9. The Labute approximate surface area is 206 Å². The number of thiazole rings is 1. The zero-order valence-electron chi connectivity index (χ0n) is 18.4. The normalized spacial score (nSPS) is 11.2. The molecule has 0 fully saturated rings. The summed E-state index contributed by atoms with van der Waals surface area (Å²) in [6.45, 7) is 1.85. The minimum Gasteiger partial charge on any atom is -0.288 e. The lowest BCUT2D eigenvalue weighted by molar-refractivity contribution is 0.105. The standard InChI is InChI=1S/C28H20ClN3OS/c1-19-27(26(33)17-14-20-12-15-23(29)16-13-20)34-28(30-19)32-25(22-10-6-3-7-11-22)18-24(31-32)21-8-4-2-5-9-21/h2-18H,1H3/b17-14+. The van der Waals surface area contributed by atoms with Crippen molar-refractivity contribution in [3.05, 3.63) is 118 Å². The number of ketones is 1. The fourth-order valence-corrected chi connectivity index (χ4v) is 4.69. The van der Waals surface area contributed by atoms with Crippen LogP contribution < -0.4 is 0 Å². The molecule has 6 heteroatoms. The Hall–Kier alpha value is -3.80. The van der Waals surface area contributed by atoms with Crippen molar-refractivity contribution < 1.29 is 4.79 Å². The van der Waals surface area contributed by atoms with Gasteiger partial charge in [-0.25, -0.2) is 9.67 Å². The number of benzene rings is 3. The van der Waals surface area contributed by atoms with E-state index in [0.717, 1.165) is 28.1 Å². The highest BCUT2D eigenvalue weighted by Crippen LogP contribution is 2.31. The highest BCUT2D eigenvalue weighted by atomic mass is 35.5. The van der Waals surface area contributed by atoms with E-state index in [1.165, 1.54) is 11.3 Å². The van der Waals surface area contributed by atoms with Gasteiger partial charge in [0.25, 0.3) is 0 Å². The monoisotopic (exact) mass is 481 g/mol. The highest BCUT2D eigenvalue weighted by molar-refractivity contribution is 7.16. The third-order valence-electron chi connectivity index (χ3n) is 5.34. The fraction of sp³-hybridized carbons (Fsp3) is 0.0357. The summed E-state index contributed by atoms with van der Waals surface area (Å²) < 4.78 is 1.83. The summed E-state index contributed by atoms with van der Waals surface area (Å²) in [5.74, 6) is -0.0899. The Bertz CT molecular complexity index is 1470. The summed E-state index contributed by atoms with van der Waals surface area (Å²) >= 11 is 7.29. The van der Waals surface area contributed by atoms with Crippen molar-refractivity contribution in [3.8, 4) is 27.6 Å². The van der Waals surface area contributed by atoms with Gasteiger partial charge in [-0.1, -0.05) is 102 Å². The molecule has 3 aromatic carbocycles. The number of hydrogen-bond acceptors (Lipinski definition) is 4. The molecule has 0 saturated heterocycles. The minimum atomic E-state index is -0.0899. The van der Waals surface area contributed by atoms with Gasteiger partial charge in [-0.05, 0) is 36.8 Å². The van der Waals surface area contributed by atoms with E-state index in [1.807, 2.05) is 84.4 Å². The number of aromatic nitrogens is 3. The second-order valence-electron chi connectivity index (χ2n) is 7.72. The number of halogens is 1. The Morgan fingerprint density at radius 2 is 1.56 bits per heavy atom. The molecular formula is C28H20ClN3OS. The molecule has 0 atom stereocenters. The van der Waals surface area contributed by atoms with E-state index >= 15 is 0 Å². The van der Waals surface area contributed by atoms with Gasteiger partial charge in [0.1, 0.15) is 0 Å². The van der Waals surface area contributed by atoms with Crippen LogP contribution in [0.25, 0.3) is 33.7 Å². The molecule has 0 aliphatic carbocycles. The molecule has 34 heavy (non-hydrogen) atoms. The van der Waals surface area contributed by atoms with Crippen LogP contribution in [0.5, 0.6) is 0 Å². The predicted molar refractivity (Wildman–Crippen MR) is 140 cm³/mol. The SMILES string of the molecule is Cc1nc(-n2nc(-c3ccccc3)cc2-c2ccccc2)sc1C(=O)/C=C/c1ccc(Cl)cc1. The summed E-state index contributed by atoms with van der Waals surface area (Å²) in [5, 5.41) is 6.18. The van der Waals surface area contributed by atoms with Crippen LogP contribution in [0.15, 0.2) is 97.1 Å². The molecule has 2 heterocycles. The fourth-order valence-electron chi connectivity index (χ4n) is 3.61. The van der Waals surface area contributed by atoms with Gasteiger partial charge in [-0.2, -0.15) is 5.10 Å². The van der Waals surface area contributed by atoms with Gasteiger partial charge in [0.05, 0.1) is 22.0 Å². The average Bonchev–Trinajstić information content (AvgIpc) is 3.49. The molecule has 5 rings (SSSR count). The molecule has 0 N–H and O–H groups in total. The summed E-state index contributed by atoms with van der Waals surface area (Å²) in [6, 6.07) is 29.5. The molecule has 0 spiro atoms. The quantitative estimate of drug-likeness (QED) is 0.186. The zero-order valence-corrected chi connectivity index (χ0v) is 19.9. The van der Waals surface area contributed by atoms with Gasteiger partial charge in [0.15, 0.2) is 5.78 Å². The van der Waals surface area contributed by atoms with Crippen molar-refractivity contribution in [3.63, 3.8) is 0 Å². The van der Waals surface area contributed by atoms with Crippen LogP contribution in [0.3, 0.4) is 0 Å². The molecule has 0 aliphatic heterocycles. The van der Waals surface area contributed by atoms with E-state index < -0.39 is 0 Å². The molecule has 0 radical (unpaired) electrons. The van der Waals surface area contributed by atoms with Gasteiger partial charge in [-0.15, -0.1) is 0 Å². The van der Waals surface area contributed by atoms with E-state index in [0.29, 0.717) is 20.7 Å². The van der Waals surface area contributed by atoms with Crippen LogP contribution in [0.2, 0.25) is 5.02 Å². The lowest BCUT2D eigenvalue weighted by atomic mass is 10.1. The molecule has 0 aliphatic rings. The van der Waals surface area contributed by atoms with Crippen molar-refractivity contribution in [2.75, 3.05) is 0 Å². The van der Waals surface area contributed by atoms with Crippen LogP contribution in [0.4, 0.5) is 0 Å². The zero-order chi connectivity index (χ0) is 23.5. The maximum Gasteiger partial charge on any atom is 0.211 e. The first kappa shape index (κ1) is 22.0. The molecule has 2 aromatic heterocycles. The molecule has 0 unspecified atom stereocenters. The van der Waals surface area contributed by atoms with Crippen LogP contribution >= 0.6 is 22.9 Å². The molecular weight excluding hydrogens is 462 g/mol. The number of hydrogen-bond donors (Lipinski definition) is 0. The number of carbonyl (C=O) groups excluding carboxylic acids is 1. The predicted octanol–water partition coefficient (Wildman–Crippen LogP) is 7.52. The Balaban J connectivity index is 1.53. The lowest BCUT2D eigenvalue weighted by Gasteiger charge is -2.03. The van der Waals surface area contributed by atoms with Crippen molar-refractivity contribution in [2.45, 2.75) is 6.92 Å². The van der Waals surface area contributed by atoms with Crippen LogP contribution in [0.1, 0.15) is 20.9 Å². The number of nitrogens with zero attached hydrogens (tertiary/aromatic N) is 3. The minimum absolute atomic E-state index is 0.0899. The third-order valence-corrected chi connectivity index (χ3v) is 6.74. The van der Waals surface area contributed by atoms with E-state index in [9.17, 15) is 4.79 Å². The molecule has 0 saturated carbocycles. The first-order chi connectivity index (χ1) is 16.6. The van der Waals surface area contributed by atoms with Gasteiger partial charge in [0, 0.05) is 16.1 Å². The van der Waals surface area contributed by atoms with Gasteiger partial charge in [0.2, 0.25) is 5.13 Å².